The maximum absolute atomic E-state index is 12.5. The molecular formula is C12H15ClF4N2O. The minimum absolute atomic E-state index is 0. The molecule has 0 bridgehead atoms. The molecule has 1 amide bonds. The molecule has 0 spiro atoms. The molecule has 1 aromatic rings. The molecule has 0 saturated heterocycles. The van der Waals surface area contributed by atoms with E-state index in [0.717, 1.165) is 0 Å². The van der Waals surface area contributed by atoms with E-state index in [1.165, 1.54) is 0 Å². The minimum atomic E-state index is -4.21. The molecule has 0 radical (unpaired) electrons. The second kappa shape index (κ2) is 7.94. The topological polar surface area (TPSA) is 55.1 Å². The van der Waals surface area contributed by atoms with Gasteiger partial charge in [0.15, 0.2) is 0 Å². The van der Waals surface area contributed by atoms with Crippen LogP contribution in [0.5, 0.6) is 0 Å². The zero-order chi connectivity index (χ0) is 14.5. The van der Waals surface area contributed by atoms with Crippen LogP contribution in [0, 0.1) is 0 Å². The number of nitrogen functional groups attached to an aromatic ring is 1. The van der Waals surface area contributed by atoms with Gasteiger partial charge in [0, 0.05) is 12.1 Å². The molecule has 8 heteroatoms. The summed E-state index contributed by atoms with van der Waals surface area (Å²) >= 11 is 0. The molecule has 0 heterocycles. The molecule has 0 aliphatic rings. The van der Waals surface area contributed by atoms with Crippen molar-refractivity contribution >= 4 is 24.0 Å². The molecule has 0 unspecified atom stereocenters. The van der Waals surface area contributed by atoms with E-state index in [9.17, 15) is 22.4 Å². The van der Waals surface area contributed by atoms with E-state index in [1.807, 2.05) is 0 Å². The van der Waals surface area contributed by atoms with Crippen molar-refractivity contribution in [3.63, 3.8) is 0 Å². The van der Waals surface area contributed by atoms with Crippen LogP contribution in [0.15, 0.2) is 24.3 Å². The van der Waals surface area contributed by atoms with Crippen LogP contribution in [0.4, 0.5) is 23.2 Å². The second-order valence-electron chi connectivity index (χ2n) is 4.04. The second-order valence-corrected chi connectivity index (χ2v) is 4.04. The largest absolute Gasteiger partial charge is 0.399 e. The van der Waals surface area contributed by atoms with Gasteiger partial charge in [-0.15, -0.1) is 12.4 Å². The van der Waals surface area contributed by atoms with Gasteiger partial charge in [-0.2, -0.15) is 8.78 Å². The first-order valence-corrected chi connectivity index (χ1v) is 5.59. The van der Waals surface area contributed by atoms with Gasteiger partial charge in [-0.3, -0.25) is 4.79 Å². The fraction of sp³-hybridized carbons (Fsp3) is 0.417. The van der Waals surface area contributed by atoms with Crippen molar-refractivity contribution in [2.24, 2.45) is 0 Å². The molecule has 0 aromatic heterocycles. The van der Waals surface area contributed by atoms with Crippen LogP contribution in [0.1, 0.15) is 12.0 Å². The van der Waals surface area contributed by atoms with Gasteiger partial charge in [-0.05, 0) is 18.1 Å². The van der Waals surface area contributed by atoms with Crippen molar-refractivity contribution in [3.8, 4) is 0 Å². The molecule has 0 fully saturated rings. The van der Waals surface area contributed by atoms with Crippen LogP contribution in [0.2, 0.25) is 0 Å². The van der Waals surface area contributed by atoms with Gasteiger partial charge < -0.3 is 11.1 Å². The van der Waals surface area contributed by atoms with Crippen molar-refractivity contribution in [2.75, 3.05) is 12.3 Å². The lowest BCUT2D eigenvalue weighted by Gasteiger charge is -2.15. The number of nitrogens with one attached hydrogen (secondary N) is 1. The first-order chi connectivity index (χ1) is 8.83. The Morgan fingerprint density at radius 1 is 1.30 bits per heavy atom. The molecule has 114 valence electrons. The van der Waals surface area contributed by atoms with Gasteiger partial charge in [-0.25, -0.2) is 8.78 Å². The zero-order valence-electron chi connectivity index (χ0n) is 10.4. The number of carbonyl (C=O) groups excluding carboxylic acids is 1. The molecule has 0 aliphatic carbocycles. The lowest BCUT2D eigenvalue weighted by atomic mass is 10.1. The predicted octanol–water partition coefficient (Wildman–Crippen LogP) is 2.64. The van der Waals surface area contributed by atoms with E-state index in [0.29, 0.717) is 11.3 Å². The monoisotopic (exact) mass is 314 g/mol. The normalized spacial score (nSPS) is 11.1. The first-order valence-electron chi connectivity index (χ1n) is 5.59. The highest BCUT2D eigenvalue weighted by molar-refractivity contribution is 5.85. The van der Waals surface area contributed by atoms with E-state index in [4.69, 9.17) is 5.73 Å². The highest BCUT2D eigenvalue weighted by Crippen LogP contribution is 2.21. The van der Waals surface area contributed by atoms with Crippen LogP contribution in [0.3, 0.4) is 0 Å². The number of aryl methyl sites for hydroxylation is 1. The fourth-order valence-electron chi connectivity index (χ4n) is 1.39. The summed E-state index contributed by atoms with van der Waals surface area (Å²) in [6.45, 7) is -1.37. The van der Waals surface area contributed by atoms with Gasteiger partial charge in [0.2, 0.25) is 5.91 Å². The van der Waals surface area contributed by atoms with Crippen molar-refractivity contribution < 1.29 is 22.4 Å². The molecule has 0 atom stereocenters. The van der Waals surface area contributed by atoms with Gasteiger partial charge >= 0.3 is 12.3 Å². The van der Waals surface area contributed by atoms with Gasteiger partial charge in [0.05, 0.1) is 6.54 Å². The third-order valence-corrected chi connectivity index (χ3v) is 2.52. The van der Waals surface area contributed by atoms with Crippen LogP contribution < -0.4 is 11.1 Å². The quantitative estimate of drug-likeness (QED) is 0.626. The zero-order valence-corrected chi connectivity index (χ0v) is 11.2. The van der Waals surface area contributed by atoms with Crippen molar-refractivity contribution in [2.45, 2.75) is 25.2 Å². The number of amides is 1. The number of hydrogen-bond donors (Lipinski definition) is 2. The van der Waals surface area contributed by atoms with E-state index >= 15 is 0 Å². The number of carbonyl (C=O) groups is 1. The number of hydrogen-bond acceptors (Lipinski definition) is 2. The summed E-state index contributed by atoms with van der Waals surface area (Å²) in [5, 5.41) is 1.78. The summed E-state index contributed by atoms with van der Waals surface area (Å²) in [7, 11) is 0. The number of halogens is 5. The summed E-state index contributed by atoms with van der Waals surface area (Å²) < 4.78 is 48.8. The van der Waals surface area contributed by atoms with Crippen LogP contribution >= 0.6 is 12.4 Å². The van der Waals surface area contributed by atoms with Crippen molar-refractivity contribution in [1.82, 2.24) is 5.32 Å². The third-order valence-electron chi connectivity index (χ3n) is 2.52. The number of rotatable bonds is 6. The Bertz CT molecular complexity index is 443. The minimum Gasteiger partial charge on any atom is -0.399 e. The average Bonchev–Trinajstić information content (AvgIpc) is 2.35. The van der Waals surface area contributed by atoms with Crippen molar-refractivity contribution in [3.05, 3.63) is 29.8 Å². The Kier molecular flexibility index (Phi) is 7.34. The lowest BCUT2D eigenvalue weighted by Crippen LogP contribution is -2.41. The Morgan fingerprint density at radius 3 is 2.45 bits per heavy atom. The standard InChI is InChI=1S/C12H14F4N2O.ClH/c13-11(14)12(15,16)7-18-10(19)6-5-8-3-1-2-4-9(8)17;/h1-4,11H,5-7,17H2,(H,18,19);1H. The summed E-state index contributed by atoms with van der Waals surface area (Å²) in [5.74, 6) is -4.93. The number of alkyl halides is 4. The summed E-state index contributed by atoms with van der Waals surface area (Å²) in [6.07, 6.45) is -3.62. The highest BCUT2D eigenvalue weighted by Gasteiger charge is 2.40. The molecule has 3 N–H and O–H groups in total. The fourth-order valence-corrected chi connectivity index (χ4v) is 1.39. The molecule has 0 saturated carbocycles. The molecule has 3 nitrogen and oxygen atoms in total. The van der Waals surface area contributed by atoms with Gasteiger partial charge in [0.1, 0.15) is 0 Å². The smallest absolute Gasteiger partial charge is 0.324 e. The Balaban J connectivity index is 0.00000361. The molecule has 1 rings (SSSR count). The van der Waals surface area contributed by atoms with Crippen LogP contribution in [-0.2, 0) is 11.2 Å². The first kappa shape index (κ1) is 18.5. The molecule has 1 aromatic carbocycles. The molecule has 0 aliphatic heterocycles. The number of anilines is 1. The van der Waals surface area contributed by atoms with Gasteiger partial charge in [0.25, 0.3) is 0 Å². The molecular weight excluding hydrogens is 300 g/mol. The van der Waals surface area contributed by atoms with E-state index in [1.54, 1.807) is 29.6 Å². The predicted molar refractivity (Wildman–Crippen MR) is 70.4 cm³/mol. The third kappa shape index (κ3) is 5.64. The maximum Gasteiger partial charge on any atom is 0.324 e. The molecule has 20 heavy (non-hydrogen) atoms. The lowest BCUT2D eigenvalue weighted by molar-refractivity contribution is -0.136. The Morgan fingerprint density at radius 2 is 1.90 bits per heavy atom. The average molecular weight is 315 g/mol. The number of nitrogens with two attached hydrogens (primary N) is 1. The van der Waals surface area contributed by atoms with E-state index in [-0.39, 0.29) is 25.2 Å². The Labute approximate surface area is 119 Å². The highest BCUT2D eigenvalue weighted by atomic mass is 35.5. The van der Waals surface area contributed by atoms with Crippen molar-refractivity contribution in [1.29, 1.82) is 0 Å². The number of benzene rings is 1. The van der Waals surface area contributed by atoms with Crippen LogP contribution in [-0.4, -0.2) is 24.8 Å². The van der Waals surface area contributed by atoms with E-state index in [2.05, 4.69) is 0 Å². The SMILES string of the molecule is Cl.Nc1ccccc1CCC(=O)NCC(F)(F)C(F)F. The summed E-state index contributed by atoms with van der Waals surface area (Å²) in [4.78, 5) is 11.3. The Hall–Kier alpha value is -1.50. The number of para-hydroxylation sites is 1. The van der Waals surface area contributed by atoms with Gasteiger partial charge in [-0.1, -0.05) is 18.2 Å². The summed E-state index contributed by atoms with van der Waals surface area (Å²) in [6, 6.07) is 6.81. The summed E-state index contributed by atoms with van der Waals surface area (Å²) in [5.41, 5.74) is 6.84. The van der Waals surface area contributed by atoms with Crippen LogP contribution in [0.25, 0.3) is 0 Å². The maximum atomic E-state index is 12.5. The van der Waals surface area contributed by atoms with E-state index < -0.39 is 24.8 Å².